The summed E-state index contributed by atoms with van der Waals surface area (Å²) >= 11 is 3.44. The Hall–Kier alpha value is -1.56. The summed E-state index contributed by atoms with van der Waals surface area (Å²) < 4.78 is 1.08. The average Bonchev–Trinajstić information content (AvgIpc) is 2.59. The molecule has 1 saturated heterocycles. The molecule has 0 aromatic heterocycles. The third-order valence-electron chi connectivity index (χ3n) is 4.24. The van der Waals surface area contributed by atoms with Gasteiger partial charge in [0.25, 0.3) is 0 Å². The number of carbonyl (C=O) groups is 1. The van der Waals surface area contributed by atoms with Crippen molar-refractivity contribution in [1.29, 1.82) is 0 Å². The molecule has 0 atom stereocenters. The van der Waals surface area contributed by atoms with Gasteiger partial charge in [-0.25, -0.2) is 0 Å². The number of nitrogens with zero attached hydrogens (tertiary/aromatic N) is 2. The highest BCUT2D eigenvalue weighted by molar-refractivity contribution is 9.10. The first kappa shape index (κ1) is 18.8. The van der Waals surface area contributed by atoms with E-state index < -0.39 is 0 Å². The van der Waals surface area contributed by atoms with Crippen molar-refractivity contribution in [2.45, 2.75) is 39.3 Å². The molecule has 2 rings (SSSR count). The molecule has 0 unspecified atom stereocenters. The second-order valence-electron chi connectivity index (χ2n) is 6.45. The third kappa shape index (κ3) is 5.51. The lowest BCUT2D eigenvalue weighted by Gasteiger charge is -2.34. The SMILES string of the molecule is CN=C(NCc1ccc(Br)cc1)NC1CCN(C(=O)C(C)C)CC1. The van der Waals surface area contributed by atoms with Crippen molar-refractivity contribution in [3.05, 3.63) is 34.3 Å². The van der Waals surface area contributed by atoms with E-state index >= 15 is 0 Å². The van der Waals surface area contributed by atoms with Crippen molar-refractivity contribution >= 4 is 27.8 Å². The van der Waals surface area contributed by atoms with Crippen molar-refractivity contribution in [3.63, 3.8) is 0 Å². The molecular weight excluding hydrogens is 368 g/mol. The van der Waals surface area contributed by atoms with Crippen LogP contribution in [0.15, 0.2) is 33.7 Å². The van der Waals surface area contributed by atoms with E-state index in [0.717, 1.165) is 42.9 Å². The van der Waals surface area contributed by atoms with Gasteiger partial charge in [-0.15, -0.1) is 0 Å². The van der Waals surface area contributed by atoms with Crippen LogP contribution in [-0.4, -0.2) is 42.9 Å². The predicted octanol–water partition coefficient (Wildman–Crippen LogP) is 2.76. The Balaban J connectivity index is 1.77. The number of likely N-dealkylation sites (tertiary alicyclic amines) is 1. The van der Waals surface area contributed by atoms with Crippen molar-refractivity contribution in [2.24, 2.45) is 10.9 Å². The van der Waals surface area contributed by atoms with Crippen LogP contribution in [0.4, 0.5) is 0 Å². The zero-order valence-electron chi connectivity index (χ0n) is 14.7. The summed E-state index contributed by atoms with van der Waals surface area (Å²) in [4.78, 5) is 18.3. The molecule has 24 heavy (non-hydrogen) atoms. The van der Waals surface area contributed by atoms with Gasteiger partial charge in [-0.05, 0) is 30.5 Å². The maximum atomic E-state index is 12.0. The number of hydrogen-bond acceptors (Lipinski definition) is 2. The van der Waals surface area contributed by atoms with Crippen LogP contribution in [0.3, 0.4) is 0 Å². The molecule has 1 fully saturated rings. The molecule has 0 bridgehead atoms. The first-order chi connectivity index (χ1) is 11.5. The zero-order chi connectivity index (χ0) is 17.5. The Morgan fingerprint density at radius 2 is 1.92 bits per heavy atom. The number of hydrogen-bond donors (Lipinski definition) is 2. The lowest BCUT2D eigenvalue weighted by atomic mass is 10.0. The maximum absolute atomic E-state index is 12.0. The number of aliphatic imine (C=N–C) groups is 1. The minimum Gasteiger partial charge on any atom is -0.354 e. The minimum absolute atomic E-state index is 0.0786. The summed E-state index contributed by atoms with van der Waals surface area (Å²) in [7, 11) is 1.79. The van der Waals surface area contributed by atoms with Crippen LogP contribution in [0.25, 0.3) is 0 Å². The molecule has 1 aromatic carbocycles. The highest BCUT2D eigenvalue weighted by atomic mass is 79.9. The van der Waals surface area contributed by atoms with Gasteiger partial charge in [-0.1, -0.05) is 41.9 Å². The van der Waals surface area contributed by atoms with Gasteiger partial charge in [-0.2, -0.15) is 0 Å². The monoisotopic (exact) mass is 394 g/mol. The summed E-state index contributed by atoms with van der Waals surface area (Å²) in [6.07, 6.45) is 1.91. The van der Waals surface area contributed by atoms with Crippen molar-refractivity contribution in [3.8, 4) is 0 Å². The van der Waals surface area contributed by atoms with Crippen LogP contribution in [0.2, 0.25) is 0 Å². The number of amides is 1. The number of rotatable bonds is 4. The fraction of sp³-hybridized carbons (Fsp3) is 0.556. The fourth-order valence-electron chi connectivity index (χ4n) is 2.79. The molecule has 1 aliphatic rings. The van der Waals surface area contributed by atoms with Crippen LogP contribution in [-0.2, 0) is 11.3 Å². The smallest absolute Gasteiger partial charge is 0.225 e. The van der Waals surface area contributed by atoms with E-state index in [1.807, 2.05) is 30.9 Å². The fourth-order valence-corrected chi connectivity index (χ4v) is 3.05. The van der Waals surface area contributed by atoms with E-state index in [2.05, 4.69) is 43.7 Å². The van der Waals surface area contributed by atoms with Crippen molar-refractivity contribution < 1.29 is 4.79 Å². The molecule has 1 amide bonds. The van der Waals surface area contributed by atoms with Gasteiger partial charge in [0.2, 0.25) is 5.91 Å². The molecule has 0 spiro atoms. The molecule has 1 aromatic rings. The van der Waals surface area contributed by atoms with Crippen LogP contribution >= 0.6 is 15.9 Å². The predicted molar refractivity (Wildman–Crippen MR) is 102 cm³/mol. The number of nitrogens with one attached hydrogen (secondary N) is 2. The molecular formula is C18H27BrN4O. The van der Waals surface area contributed by atoms with E-state index in [4.69, 9.17) is 0 Å². The quantitative estimate of drug-likeness (QED) is 0.609. The lowest BCUT2D eigenvalue weighted by molar-refractivity contribution is -0.135. The molecule has 132 valence electrons. The number of halogens is 1. The second-order valence-corrected chi connectivity index (χ2v) is 7.37. The zero-order valence-corrected chi connectivity index (χ0v) is 16.3. The van der Waals surface area contributed by atoms with E-state index in [-0.39, 0.29) is 11.8 Å². The molecule has 1 aliphatic heterocycles. The van der Waals surface area contributed by atoms with Crippen molar-refractivity contribution in [1.82, 2.24) is 15.5 Å². The number of carbonyl (C=O) groups excluding carboxylic acids is 1. The van der Waals surface area contributed by atoms with Gasteiger partial charge < -0.3 is 15.5 Å². The topological polar surface area (TPSA) is 56.7 Å². The molecule has 1 heterocycles. The largest absolute Gasteiger partial charge is 0.354 e. The second kappa shape index (κ2) is 9.06. The lowest BCUT2D eigenvalue weighted by Crippen LogP contribution is -2.50. The van der Waals surface area contributed by atoms with Gasteiger partial charge >= 0.3 is 0 Å². The Bertz CT molecular complexity index is 563. The van der Waals surface area contributed by atoms with Crippen LogP contribution in [0, 0.1) is 5.92 Å². The highest BCUT2D eigenvalue weighted by Gasteiger charge is 2.24. The summed E-state index contributed by atoms with van der Waals surface area (Å²) in [5.41, 5.74) is 1.21. The van der Waals surface area contributed by atoms with Crippen LogP contribution in [0.1, 0.15) is 32.3 Å². The number of piperidine rings is 1. The van der Waals surface area contributed by atoms with Crippen LogP contribution in [0.5, 0.6) is 0 Å². The van der Waals surface area contributed by atoms with Crippen molar-refractivity contribution in [2.75, 3.05) is 20.1 Å². The Morgan fingerprint density at radius 1 is 1.29 bits per heavy atom. The maximum Gasteiger partial charge on any atom is 0.225 e. The average molecular weight is 395 g/mol. The van der Waals surface area contributed by atoms with Gasteiger partial charge in [0.15, 0.2) is 5.96 Å². The Morgan fingerprint density at radius 3 is 2.46 bits per heavy atom. The Labute approximate surface area is 153 Å². The summed E-state index contributed by atoms with van der Waals surface area (Å²) in [6.45, 7) is 6.29. The summed E-state index contributed by atoms with van der Waals surface area (Å²) in [6, 6.07) is 8.60. The molecule has 2 N–H and O–H groups in total. The number of benzene rings is 1. The van der Waals surface area contributed by atoms with Gasteiger partial charge in [0.05, 0.1) is 0 Å². The Kier molecular flexibility index (Phi) is 7.09. The molecule has 0 aliphatic carbocycles. The molecule has 0 saturated carbocycles. The van der Waals surface area contributed by atoms with Gasteiger partial charge in [0.1, 0.15) is 0 Å². The van der Waals surface area contributed by atoms with Gasteiger partial charge in [-0.3, -0.25) is 9.79 Å². The van der Waals surface area contributed by atoms with E-state index in [0.29, 0.717) is 6.04 Å². The summed E-state index contributed by atoms with van der Waals surface area (Å²) in [5, 5.41) is 6.82. The summed E-state index contributed by atoms with van der Waals surface area (Å²) in [5.74, 6) is 1.15. The third-order valence-corrected chi connectivity index (χ3v) is 4.77. The minimum atomic E-state index is 0.0786. The number of guanidine groups is 1. The van der Waals surface area contributed by atoms with Crippen LogP contribution < -0.4 is 10.6 Å². The normalized spacial score (nSPS) is 16.4. The first-order valence-corrected chi connectivity index (χ1v) is 9.29. The first-order valence-electron chi connectivity index (χ1n) is 8.50. The molecule has 5 nitrogen and oxygen atoms in total. The standard InChI is InChI=1S/C18H27BrN4O/c1-13(2)17(24)23-10-8-16(9-11-23)22-18(20-3)21-12-14-4-6-15(19)7-5-14/h4-7,13,16H,8-12H2,1-3H3,(H2,20,21,22). The molecule has 0 radical (unpaired) electrons. The van der Waals surface area contributed by atoms with E-state index in [1.54, 1.807) is 7.05 Å². The van der Waals surface area contributed by atoms with E-state index in [9.17, 15) is 4.79 Å². The highest BCUT2D eigenvalue weighted by Crippen LogP contribution is 2.13. The van der Waals surface area contributed by atoms with E-state index in [1.165, 1.54) is 5.56 Å². The molecule has 6 heteroatoms. The van der Waals surface area contributed by atoms with Gasteiger partial charge in [0, 0.05) is 43.1 Å².